The Labute approximate surface area is 98.0 Å². The van der Waals surface area contributed by atoms with Gasteiger partial charge in [-0.05, 0) is 37.5 Å². The number of hydrogen-bond donors (Lipinski definition) is 1. The summed E-state index contributed by atoms with van der Waals surface area (Å²) in [5.74, 6) is 0. The van der Waals surface area contributed by atoms with Crippen molar-refractivity contribution in [1.29, 1.82) is 0 Å². The van der Waals surface area contributed by atoms with E-state index in [0.29, 0.717) is 0 Å². The maximum atomic E-state index is 5.72. The second-order valence-electron chi connectivity index (χ2n) is 3.79. The molecule has 0 fully saturated rings. The minimum Gasteiger partial charge on any atom is -0.399 e. The molecular weight excluding hydrogens is 194 g/mol. The van der Waals surface area contributed by atoms with E-state index in [9.17, 15) is 0 Å². The molecule has 0 aliphatic rings. The Balaban J connectivity index is 2.43. The zero-order valence-electron chi connectivity index (χ0n) is 9.82. The van der Waals surface area contributed by atoms with E-state index >= 15 is 0 Å². The lowest BCUT2D eigenvalue weighted by molar-refractivity contribution is 0.970. The van der Waals surface area contributed by atoms with Gasteiger partial charge in [0.2, 0.25) is 0 Å². The van der Waals surface area contributed by atoms with Crippen molar-refractivity contribution >= 4 is 5.69 Å². The molecule has 1 nitrogen and oxygen atoms in total. The summed E-state index contributed by atoms with van der Waals surface area (Å²) in [4.78, 5) is 0. The number of benzene rings is 1. The summed E-state index contributed by atoms with van der Waals surface area (Å²) in [6, 6.07) is 8.01. The Hall–Kier alpha value is -1.76. The third-order valence-electron chi connectivity index (χ3n) is 2.32. The molecule has 1 aromatic rings. The van der Waals surface area contributed by atoms with E-state index in [1.54, 1.807) is 0 Å². The van der Waals surface area contributed by atoms with Crippen LogP contribution in [0.2, 0.25) is 0 Å². The minimum absolute atomic E-state index is 0.826. The smallest absolute Gasteiger partial charge is 0.0316 e. The molecule has 2 N–H and O–H groups in total. The number of hydrogen-bond acceptors (Lipinski definition) is 1. The molecule has 0 saturated carbocycles. The third kappa shape index (κ3) is 4.65. The van der Waals surface area contributed by atoms with Crippen LogP contribution < -0.4 is 5.73 Å². The van der Waals surface area contributed by atoms with Gasteiger partial charge in [-0.1, -0.05) is 48.6 Å². The molecule has 0 radical (unpaired) electrons. The Morgan fingerprint density at radius 3 is 2.88 bits per heavy atom. The third-order valence-corrected chi connectivity index (χ3v) is 2.32. The predicted molar refractivity (Wildman–Crippen MR) is 72.3 cm³/mol. The molecular formula is C15H19N. The van der Waals surface area contributed by atoms with E-state index in [-0.39, 0.29) is 0 Å². The Morgan fingerprint density at radius 2 is 2.19 bits per heavy atom. The number of anilines is 1. The molecule has 1 rings (SSSR count). The molecule has 0 amide bonds. The van der Waals surface area contributed by atoms with Crippen LogP contribution in [0, 0.1) is 0 Å². The van der Waals surface area contributed by atoms with Crippen molar-refractivity contribution in [2.45, 2.75) is 19.8 Å². The Kier molecular flexibility index (Phi) is 5.13. The first-order valence-corrected chi connectivity index (χ1v) is 5.54. The topological polar surface area (TPSA) is 26.0 Å². The standard InChI is InChI=1S/C15H19N/c1-3-4-5-7-13(2)10-11-14-8-6-9-15(16)12-14/h3-9,12H,2,10-11,16H2,1H3. The number of allylic oxidation sites excluding steroid dienone is 5. The maximum Gasteiger partial charge on any atom is 0.0316 e. The molecule has 1 aromatic carbocycles. The lowest BCUT2D eigenvalue weighted by atomic mass is 10.0. The van der Waals surface area contributed by atoms with Gasteiger partial charge in [0.05, 0.1) is 0 Å². The van der Waals surface area contributed by atoms with Crippen LogP contribution in [0.5, 0.6) is 0 Å². The van der Waals surface area contributed by atoms with Gasteiger partial charge in [0.25, 0.3) is 0 Å². The first-order valence-electron chi connectivity index (χ1n) is 5.54. The van der Waals surface area contributed by atoms with Crippen LogP contribution in [0.4, 0.5) is 5.69 Å². The van der Waals surface area contributed by atoms with Gasteiger partial charge in [-0.15, -0.1) is 0 Å². The highest BCUT2D eigenvalue weighted by Gasteiger charge is 1.94. The summed E-state index contributed by atoms with van der Waals surface area (Å²) >= 11 is 0. The van der Waals surface area contributed by atoms with Crippen molar-refractivity contribution in [3.05, 3.63) is 66.3 Å². The SMILES string of the molecule is C=C(C=CC=CC)CCc1cccc(N)c1. The summed E-state index contributed by atoms with van der Waals surface area (Å²) < 4.78 is 0. The second-order valence-corrected chi connectivity index (χ2v) is 3.79. The van der Waals surface area contributed by atoms with Crippen molar-refractivity contribution in [1.82, 2.24) is 0 Å². The number of nitrogen functional groups attached to an aromatic ring is 1. The molecule has 84 valence electrons. The summed E-state index contributed by atoms with van der Waals surface area (Å²) in [6.07, 6.45) is 10.0. The molecule has 0 aliphatic heterocycles. The van der Waals surface area contributed by atoms with Crippen molar-refractivity contribution in [2.24, 2.45) is 0 Å². The lowest BCUT2D eigenvalue weighted by Crippen LogP contribution is -1.89. The maximum absolute atomic E-state index is 5.72. The van der Waals surface area contributed by atoms with Gasteiger partial charge in [0.1, 0.15) is 0 Å². The molecule has 0 unspecified atom stereocenters. The van der Waals surface area contributed by atoms with Crippen molar-refractivity contribution < 1.29 is 0 Å². The van der Waals surface area contributed by atoms with Gasteiger partial charge in [-0.25, -0.2) is 0 Å². The molecule has 0 spiro atoms. The predicted octanol–water partition coefficient (Wildman–Crippen LogP) is 3.89. The average Bonchev–Trinajstić information content (AvgIpc) is 2.27. The van der Waals surface area contributed by atoms with Crippen LogP contribution in [0.25, 0.3) is 0 Å². The molecule has 0 heterocycles. The quantitative estimate of drug-likeness (QED) is 0.583. The van der Waals surface area contributed by atoms with Crippen LogP contribution in [-0.4, -0.2) is 0 Å². The largest absolute Gasteiger partial charge is 0.399 e. The highest BCUT2D eigenvalue weighted by Crippen LogP contribution is 2.12. The van der Waals surface area contributed by atoms with Crippen LogP contribution in [0.3, 0.4) is 0 Å². The van der Waals surface area contributed by atoms with E-state index < -0.39 is 0 Å². The van der Waals surface area contributed by atoms with Crippen LogP contribution in [0.1, 0.15) is 18.9 Å². The summed E-state index contributed by atoms with van der Waals surface area (Å²) in [5, 5.41) is 0. The first kappa shape index (κ1) is 12.3. The molecule has 0 bridgehead atoms. The van der Waals surface area contributed by atoms with E-state index in [4.69, 9.17) is 5.73 Å². The zero-order chi connectivity index (χ0) is 11.8. The monoisotopic (exact) mass is 213 g/mol. The number of rotatable bonds is 5. The molecule has 1 heteroatoms. The zero-order valence-corrected chi connectivity index (χ0v) is 9.82. The van der Waals surface area contributed by atoms with Crippen molar-refractivity contribution in [2.75, 3.05) is 5.73 Å². The summed E-state index contributed by atoms with van der Waals surface area (Å²) in [7, 11) is 0. The lowest BCUT2D eigenvalue weighted by Gasteiger charge is -2.02. The second kappa shape index (κ2) is 6.67. The van der Waals surface area contributed by atoms with E-state index in [1.165, 1.54) is 5.56 Å². The van der Waals surface area contributed by atoms with Gasteiger partial charge in [0, 0.05) is 5.69 Å². The average molecular weight is 213 g/mol. The highest BCUT2D eigenvalue weighted by atomic mass is 14.5. The fraction of sp³-hybridized carbons (Fsp3) is 0.200. The number of aryl methyl sites for hydroxylation is 1. The Bertz CT molecular complexity index is 400. The van der Waals surface area contributed by atoms with Gasteiger partial charge >= 0.3 is 0 Å². The van der Waals surface area contributed by atoms with Gasteiger partial charge in [-0.3, -0.25) is 0 Å². The fourth-order valence-electron chi connectivity index (χ4n) is 1.44. The van der Waals surface area contributed by atoms with Crippen molar-refractivity contribution in [3.63, 3.8) is 0 Å². The molecule has 16 heavy (non-hydrogen) atoms. The Morgan fingerprint density at radius 1 is 1.38 bits per heavy atom. The van der Waals surface area contributed by atoms with Crippen LogP contribution in [0.15, 0.2) is 60.7 Å². The van der Waals surface area contributed by atoms with E-state index in [2.05, 4.69) is 12.6 Å². The van der Waals surface area contributed by atoms with Gasteiger partial charge in [-0.2, -0.15) is 0 Å². The first-order chi connectivity index (χ1) is 7.72. The summed E-state index contributed by atoms with van der Waals surface area (Å²) in [6.45, 7) is 6.01. The molecule has 0 aromatic heterocycles. The minimum atomic E-state index is 0.826. The molecule has 0 atom stereocenters. The normalized spacial score (nSPS) is 11.3. The van der Waals surface area contributed by atoms with Crippen LogP contribution >= 0.6 is 0 Å². The van der Waals surface area contributed by atoms with Gasteiger partial charge < -0.3 is 5.73 Å². The van der Waals surface area contributed by atoms with E-state index in [1.807, 2.05) is 49.4 Å². The van der Waals surface area contributed by atoms with Crippen molar-refractivity contribution in [3.8, 4) is 0 Å². The number of nitrogens with two attached hydrogens (primary N) is 1. The summed E-state index contributed by atoms with van der Waals surface area (Å²) in [5.41, 5.74) is 8.95. The molecule has 0 aliphatic carbocycles. The molecule has 0 saturated heterocycles. The van der Waals surface area contributed by atoms with Crippen LogP contribution in [-0.2, 0) is 6.42 Å². The van der Waals surface area contributed by atoms with E-state index in [0.717, 1.165) is 24.1 Å². The fourth-order valence-corrected chi connectivity index (χ4v) is 1.44. The highest BCUT2D eigenvalue weighted by molar-refractivity contribution is 5.40. The van der Waals surface area contributed by atoms with Gasteiger partial charge in [0.15, 0.2) is 0 Å².